The van der Waals surface area contributed by atoms with Gasteiger partial charge in [-0.05, 0) is 13.0 Å². The third kappa shape index (κ3) is 3.62. The van der Waals surface area contributed by atoms with Crippen LogP contribution in [0.4, 0.5) is 5.69 Å². The maximum Gasteiger partial charge on any atom is 0.273 e. The number of aliphatic hydroxyl groups is 1. The van der Waals surface area contributed by atoms with E-state index in [4.69, 9.17) is 5.11 Å². The lowest BCUT2D eigenvalue weighted by atomic mass is 10.1. The Morgan fingerprint density at radius 3 is 2.79 bits per heavy atom. The van der Waals surface area contributed by atoms with E-state index in [0.29, 0.717) is 5.56 Å². The molecule has 1 rings (SSSR count). The highest BCUT2D eigenvalue weighted by Crippen LogP contribution is 2.20. The number of amides is 1. The Kier molecular flexibility index (Phi) is 5.20. The van der Waals surface area contributed by atoms with Gasteiger partial charge in [0, 0.05) is 30.3 Å². The van der Waals surface area contributed by atoms with Crippen molar-refractivity contribution in [1.29, 1.82) is 0 Å². The summed E-state index contributed by atoms with van der Waals surface area (Å²) < 4.78 is 0. The van der Waals surface area contributed by atoms with Crippen molar-refractivity contribution in [1.82, 2.24) is 4.90 Å². The molecule has 0 bridgehead atoms. The summed E-state index contributed by atoms with van der Waals surface area (Å²) in [6.07, 6.45) is 1.54. The molecule has 0 radical (unpaired) electrons. The Morgan fingerprint density at radius 2 is 2.26 bits per heavy atom. The van der Waals surface area contributed by atoms with Crippen molar-refractivity contribution in [3.8, 4) is 0 Å². The quantitative estimate of drug-likeness (QED) is 0.479. The molecule has 0 aliphatic heterocycles. The summed E-state index contributed by atoms with van der Waals surface area (Å²) in [4.78, 5) is 23.9. The molecule has 6 heteroatoms. The van der Waals surface area contributed by atoms with Crippen molar-refractivity contribution in [2.75, 3.05) is 19.7 Å². The van der Waals surface area contributed by atoms with E-state index in [2.05, 4.69) is 6.58 Å². The summed E-state index contributed by atoms with van der Waals surface area (Å²) >= 11 is 0. The van der Waals surface area contributed by atoms with E-state index in [9.17, 15) is 14.9 Å². The minimum Gasteiger partial charge on any atom is -0.395 e. The van der Waals surface area contributed by atoms with Gasteiger partial charge in [-0.3, -0.25) is 14.9 Å². The molecule has 0 saturated carbocycles. The number of hydrogen-bond acceptors (Lipinski definition) is 4. The minimum atomic E-state index is -0.518. The fraction of sp³-hybridized carbons (Fsp3) is 0.308. The maximum atomic E-state index is 12.2. The summed E-state index contributed by atoms with van der Waals surface area (Å²) in [5.74, 6) is -0.364. The standard InChI is InChI=1S/C13H16N2O4/c1-3-6-14(7-8-16)13(17)11-5-4-10(2)12(9-11)15(18)19/h3-5,9,16H,1,6-8H2,2H3. The van der Waals surface area contributed by atoms with Gasteiger partial charge in [-0.1, -0.05) is 12.1 Å². The molecule has 6 nitrogen and oxygen atoms in total. The molecule has 1 amide bonds. The number of nitro benzene ring substituents is 1. The normalized spacial score (nSPS) is 10.0. The number of nitro groups is 1. The van der Waals surface area contributed by atoms with Gasteiger partial charge in [0.25, 0.3) is 11.6 Å². The number of nitrogens with zero attached hydrogens (tertiary/aromatic N) is 2. The van der Waals surface area contributed by atoms with Crippen molar-refractivity contribution in [2.24, 2.45) is 0 Å². The summed E-state index contributed by atoms with van der Waals surface area (Å²) in [6, 6.07) is 4.33. The largest absolute Gasteiger partial charge is 0.395 e. The Labute approximate surface area is 111 Å². The van der Waals surface area contributed by atoms with Crippen LogP contribution in [-0.2, 0) is 0 Å². The van der Waals surface area contributed by atoms with E-state index in [0.717, 1.165) is 0 Å². The topological polar surface area (TPSA) is 83.7 Å². The molecular weight excluding hydrogens is 248 g/mol. The number of rotatable bonds is 6. The second kappa shape index (κ2) is 6.65. The van der Waals surface area contributed by atoms with Crippen molar-refractivity contribution in [2.45, 2.75) is 6.92 Å². The zero-order chi connectivity index (χ0) is 14.4. The van der Waals surface area contributed by atoms with Crippen LogP contribution in [0.15, 0.2) is 30.9 Å². The number of carbonyl (C=O) groups excluding carboxylic acids is 1. The third-order valence-corrected chi connectivity index (χ3v) is 2.66. The molecule has 102 valence electrons. The molecular formula is C13H16N2O4. The first-order valence-corrected chi connectivity index (χ1v) is 5.77. The van der Waals surface area contributed by atoms with Crippen LogP contribution in [0.5, 0.6) is 0 Å². The van der Waals surface area contributed by atoms with Crippen LogP contribution in [0.3, 0.4) is 0 Å². The van der Waals surface area contributed by atoms with Crippen LogP contribution in [-0.4, -0.2) is 40.5 Å². The summed E-state index contributed by atoms with van der Waals surface area (Å²) in [5, 5.41) is 19.8. The molecule has 0 spiro atoms. The molecule has 1 N–H and O–H groups in total. The minimum absolute atomic E-state index is 0.0894. The average Bonchev–Trinajstić information content (AvgIpc) is 2.38. The van der Waals surface area contributed by atoms with Crippen LogP contribution in [0.25, 0.3) is 0 Å². The maximum absolute atomic E-state index is 12.2. The van der Waals surface area contributed by atoms with Crippen LogP contribution < -0.4 is 0 Å². The highest BCUT2D eigenvalue weighted by molar-refractivity contribution is 5.95. The predicted octanol–water partition coefficient (Wildman–Crippen LogP) is 1.52. The van der Waals surface area contributed by atoms with Crippen molar-refractivity contribution in [3.63, 3.8) is 0 Å². The average molecular weight is 264 g/mol. The number of carbonyl (C=O) groups is 1. The first-order chi connectivity index (χ1) is 9.01. The van der Waals surface area contributed by atoms with E-state index in [1.54, 1.807) is 6.92 Å². The van der Waals surface area contributed by atoms with Gasteiger partial charge >= 0.3 is 0 Å². The highest BCUT2D eigenvalue weighted by Gasteiger charge is 2.18. The molecule has 19 heavy (non-hydrogen) atoms. The SMILES string of the molecule is C=CCN(CCO)C(=O)c1ccc(C)c([N+](=O)[O-])c1. The number of hydrogen-bond donors (Lipinski definition) is 1. The number of aryl methyl sites for hydroxylation is 1. The van der Waals surface area contributed by atoms with Crippen LogP contribution >= 0.6 is 0 Å². The molecule has 1 aromatic carbocycles. The lowest BCUT2D eigenvalue weighted by molar-refractivity contribution is -0.385. The van der Waals surface area contributed by atoms with Crippen molar-refractivity contribution < 1.29 is 14.8 Å². The molecule has 0 heterocycles. The zero-order valence-corrected chi connectivity index (χ0v) is 10.7. The first kappa shape index (κ1) is 14.8. The number of aliphatic hydroxyl groups excluding tert-OH is 1. The Balaban J connectivity index is 3.07. The van der Waals surface area contributed by atoms with E-state index < -0.39 is 4.92 Å². The Hall–Kier alpha value is -2.21. The highest BCUT2D eigenvalue weighted by atomic mass is 16.6. The van der Waals surface area contributed by atoms with Gasteiger partial charge in [-0.2, -0.15) is 0 Å². The van der Waals surface area contributed by atoms with Crippen molar-refractivity contribution >= 4 is 11.6 Å². The monoisotopic (exact) mass is 264 g/mol. The van der Waals surface area contributed by atoms with Gasteiger partial charge in [0.05, 0.1) is 11.5 Å². The molecule has 0 fully saturated rings. The molecule has 0 saturated heterocycles. The van der Waals surface area contributed by atoms with Crippen LogP contribution in [0.1, 0.15) is 15.9 Å². The molecule has 0 atom stereocenters. The predicted molar refractivity (Wildman–Crippen MR) is 71.0 cm³/mol. The van der Waals surface area contributed by atoms with Gasteiger partial charge in [0.15, 0.2) is 0 Å². The van der Waals surface area contributed by atoms with Crippen molar-refractivity contribution in [3.05, 3.63) is 52.1 Å². The molecule has 0 aliphatic carbocycles. The molecule has 0 aliphatic rings. The fourth-order valence-corrected chi connectivity index (χ4v) is 1.67. The first-order valence-electron chi connectivity index (χ1n) is 5.77. The Morgan fingerprint density at radius 1 is 1.58 bits per heavy atom. The third-order valence-electron chi connectivity index (χ3n) is 2.66. The van der Waals surface area contributed by atoms with Gasteiger partial charge in [0.2, 0.25) is 0 Å². The van der Waals surface area contributed by atoms with E-state index >= 15 is 0 Å². The Bertz CT molecular complexity index is 499. The fourth-order valence-electron chi connectivity index (χ4n) is 1.67. The van der Waals surface area contributed by atoms with Gasteiger partial charge in [0.1, 0.15) is 0 Å². The lowest BCUT2D eigenvalue weighted by Gasteiger charge is -2.19. The molecule has 0 aromatic heterocycles. The zero-order valence-electron chi connectivity index (χ0n) is 10.7. The van der Waals surface area contributed by atoms with E-state index in [1.807, 2.05) is 0 Å². The summed E-state index contributed by atoms with van der Waals surface area (Å²) in [7, 11) is 0. The van der Waals surface area contributed by atoms with Crippen LogP contribution in [0, 0.1) is 17.0 Å². The van der Waals surface area contributed by atoms with Crippen LogP contribution in [0.2, 0.25) is 0 Å². The smallest absolute Gasteiger partial charge is 0.273 e. The van der Waals surface area contributed by atoms with E-state index in [-0.39, 0.29) is 36.9 Å². The number of benzene rings is 1. The second-order valence-electron chi connectivity index (χ2n) is 4.02. The van der Waals surface area contributed by atoms with Gasteiger partial charge in [-0.25, -0.2) is 0 Å². The second-order valence-corrected chi connectivity index (χ2v) is 4.02. The van der Waals surface area contributed by atoms with E-state index in [1.165, 1.54) is 29.2 Å². The van der Waals surface area contributed by atoms with Gasteiger partial charge in [-0.15, -0.1) is 6.58 Å². The van der Waals surface area contributed by atoms with Gasteiger partial charge < -0.3 is 10.0 Å². The summed E-state index contributed by atoms with van der Waals surface area (Å²) in [6.45, 7) is 5.41. The molecule has 1 aromatic rings. The lowest BCUT2D eigenvalue weighted by Crippen LogP contribution is -2.33. The molecule has 0 unspecified atom stereocenters. The summed E-state index contributed by atoms with van der Waals surface area (Å²) in [5.41, 5.74) is 0.639.